The van der Waals surface area contributed by atoms with Crippen molar-refractivity contribution in [1.29, 1.82) is 0 Å². The molecule has 1 aromatic heterocycles. The number of nitrogens with zero attached hydrogens (tertiary/aromatic N) is 5. The minimum atomic E-state index is 0.189. The van der Waals surface area contributed by atoms with E-state index in [1.807, 2.05) is 48.5 Å². The van der Waals surface area contributed by atoms with Gasteiger partial charge in [-0.15, -0.1) is 10.2 Å². The Morgan fingerprint density at radius 2 is 1.90 bits per heavy atom. The zero-order valence-electron chi connectivity index (χ0n) is 18.2. The third-order valence-electron chi connectivity index (χ3n) is 6.77. The maximum Gasteiger partial charge on any atom is 0.151 e. The number of aliphatic imine (C=N–C) groups is 1. The van der Waals surface area contributed by atoms with Gasteiger partial charge < -0.3 is 20.2 Å². The minimum absolute atomic E-state index is 0.189. The largest absolute Gasteiger partial charge is 0.507 e. The Hall–Kier alpha value is -2.93. The fraction of sp³-hybridized carbons (Fsp3) is 0.458. The Balaban J connectivity index is 1.31. The Bertz CT molecular complexity index is 990. The van der Waals surface area contributed by atoms with Crippen molar-refractivity contribution in [3.8, 4) is 17.0 Å². The van der Waals surface area contributed by atoms with Gasteiger partial charge in [0.2, 0.25) is 0 Å². The van der Waals surface area contributed by atoms with Crippen molar-refractivity contribution in [2.24, 2.45) is 4.99 Å². The molecule has 5 rings (SSSR count). The summed E-state index contributed by atoms with van der Waals surface area (Å²) in [4.78, 5) is 8.80. The molecule has 4 heterocycles. The van der Waals surface area contributed by atoms with Crippen LogP contribution in [0, 0.1) is 0 Å². The molecule has 31 heavy (non-hydrogen) atoms. The number of phenols is 1. The van der Waals surface area contributed by atoms with Crippen molar-refractivity contribution >= 4 is 11.5 Å². The summed E-state index contributed by atoms with van der Waals surface area (Å²) in [5, 5.41) is 23.3. The van der Waals surface area contributed by atoms with Crippen molar-refractivity contribution in [3.63, 3.8) is 0 Å². The molecule has 7 nitrogen and oxygen atoms in total. The predicted molar refractivity (Wildman–Crippen MR) is 123 cm³/mol. The summed E-state index contributed by atoms with van der Waals surface area (Å²) in [6.07, 6.45) is 10.2. The topological polar surface area (TPSA) is 76.9 Å². The van der Waals surface area contributed by atoms with Crippen LogP contribution in [0.15, 0.2) is 47.6 Å². The van der Waals surface area contributed by atoms with E-state index in [2.05, 4.69) is 32.5 Å². The average molecular weight is 419 g/mol. The Labute approximate surface area is 183 Å². The highest BCUT2D eigenvalue weighted by Crippen LogP contribution is 2.32. The molecule has 2 fully saturated rings. The van der Waals surface area contributed by atoms with Crippen LogP contribution in [0.1, 0.15) is 37.7 Å². The van der Waals surface area contributed by atoms with Crippen LogP contribution in [-0.2, 0) is 0 Å². The number of anilines is 1. The van der Waals surface area contributed by atoms with Gasteiger partial charge in [-0.2, -0.15) is 0 Å². The zero-order chi connectivity index (χ0) is 21.4. The first kappa shape index (κ1) is 20.0. The van der Waals surface area contributed by atoms with Crippen LogP contribution < -0.4 is 10.2 Å². The summed E-state index contributed by atoms with van der Waals surface area (Å²) in [6.45, 7) is 0.618. The van der Waals surface area contributed by atoms with Gasteiger partial charge in [0.15, 0.2) is 5.82 Å². The molecule has 2 aromatic rings. The van der Waals surface area contributed by atoms with Crippen LogP contribution in [0.3, 0.4) is 0 Å². The molecule has 0 saturated carbocycles. The zero-order valence-corrected chi connectivity index (χ0v) is 18.2. The first-order chi connectivity index (χ1) is 15.1. The number of allylic oxidation sites excluding steroid dienone is 1. The van der Waals surface area contributed by atoms with E-state index >= 15 is 0 Å². The van der Waals surface area contributed by atoms with Gasteiger partial charge in [0.1, 0.15) is 12.4 Å². The molecule has 2 N–H and O–H groups in total. The minimum Gasteiger partial charge on any atom is -0.507 e. The van der Waals surface area contributed by atoms with Crippen LogP contribution in [0.25, 0.3) is 11.3 Å². The number of piperidine rings is 2. The number of fused-ring (bicyclic) bond motifs is 2. The van der Waals surface area contributed by atoms with E-state index in [9.17, 15) is 5.11 Å². The smallest absolute Gasteiger partial charge is 0.151 e. The summed E-state index contributed by atoms with van der Waals surface area (Å²) in [5.74, 6) is 1.07. The monoisotopic (exact) mass is 418 g/mol. The molecule has 3 aliphatic heterocycles. The maximum atomic E-state index is 10.6. The molecule has 0 radical (unpaired) electrons. The number of phenolic OH excluding ortho intramolecular Hbond substituents is 1. The van der Waals surface area contributed by atoms with E-state index in [0.29, 0.717) is 36.1 Å². The summed E-state index contributed by atoms with van der Waals surface area (Å²) in [6, 6.07) is 11.3. The Morgan fingerprint density at radius 1 is 1.10 bits per heavy atom. The number of rotatable bonds is 4. The third kappa shape index (κ3) is 4.14. The second-order valence-electron chi connectivity index (χ2n) is 8.99. The van der Waals surface area contributed by atoms with E-state index in [1.165, 1.54) is 19.3 Å². The second-order valence-corrected chi connectivity index (χ2v) is 8.99. The number of nitrogens with one attached hydrogen (secondary N) is 1. The number of benzene rings is 1. The van der Waals surface area contributed by atoms with E-state index in [4.69, 9.17) is 0 Å². The van der Waals surface area contributed by atoms with Crippen molar-refractivity contribution in [2.45, 2.75) is 50.2 Å². The van der Waals surface area contributed by atoms with E-state index < -0.39 is 0 Å². The third-order valence-corrected chi connectivity index (χ3v) is 6.77. The van der Waals surface area contributed by atoms with Crippen molar-refractivity contribution in [2.75, 3.05) is 25.7 Å². The van der Waals surface area contributed by atoms with Crippen LogP contribution in [-0.4, -0.2) is 64.8 Å². The van der Waals surface area contributed by atoms with Gasteiger partial charge in [-0.3, -0.25) is 4.99 Å². The van der Waals surface area contributed by atoms with Crippen LogP contribution >= 0.6 is 0 Å². The van der Waals surface area contributed by atoms with E-state index in [0.717, 1.165) is 29.9 Å². The van der Waals surface area contributed by atoms with Crippen LogP contribution in [0.2, 0.25) is 0 Å². The highest BCUT2D eigenvalue weighted by molar-refractivity contribution is 6.09. The highest BCUT2D eigenvalue weighted by atomic mass is 16.3. The molecule has 2 bridgehead atoms. The second kappa shape index (κ2) is 8.30. The van der Waals surface area contributed by atoms with Gasteiger partial charge in [-0.1, -0.05) is 12.5 Å². The standard InChI is InChI=1S/C24H30N6O/c1-29-11-10-21(25-15-29)16-6-7-20(23(31)12-16)22-8-9-24(28-27-22)30(2)19-13-17-4-3-5-18(14-19)26-17/h6-12,17-19,26,31H,3-5,13-15H2,1-2H3/t17-,18+,19+. The number of hydrogen-bond acceptors (Lipinski definition) is 7. The summed E-state index contributed by atoms with van der Waals surface area (Å²) >= 11 is 0. The lowest BCUT2D eigenvalue weighted by Gasteiger charge is -2.43. The molecule has 162 valence electrons. The van der Waals surface area contributed by atoms with Crippen LogP contribution in [0.4, 0.5) is 5.82 Å². The molecule has 2 saturated heterocycles. The molecule has 7 heteroatoms. The summed E-state index contributed by atoms with van der Waals surface area (Å²) < 4.78 is 0. The van der Waals surface area contributed by atoms with Crippen molar-refractivity contribution < 1.29 is 5.11 Å². The first-order valence-corrected chi connectivity index (χ1v) is 11.2. The average Bonchev–Trinajstić information content (AvgIpc) is 2.79. The molecule has 0 unspecified atom stereocenters. The van der Waals surface area contributed by atoms with E-state index in [1.54, 1.807) is 6.07 Å². The van der Waals surface area contributed by atoms with Gasteiger partial charge in [-0.25, -0.2) is 0 Å². The number of aromatic hydroxyl groups is 1. The van der Waals surface area contributed by atoms with Gasteiger partial charge >= 0.3 is 0 Å². The molecule has 3 aliphatic rings. The maximum absolute atomic E-state index is 10.6. The van der Waals surface area contributed by atoms with Gasteiger partial charge in [-0.05, 0) is 56.0 Å². The fourth-order valence-electron chi connectivity index (χ4n) is 4.98. The number of hydrogen-bond donors (Lipinski definition) is 2. The summed E-state index contributed by atoms with van der Waals surface area (Å²) in [7, 11) is 4.10. The lowest BCUT2D eigenvalue weighted by molar-refractivity contribution is 0.219. The fourth-order valence-corrected chi connectivity index (χ4v) is 4.98. The van der Waals surface area contributed by atoms with Gasteiger partial charge in [0, 0.05) is 49.5 Å². The van der Waals surface area contributed by atoms with E-state index in [-0.39, 0.29) is 5.75 Å². The molecule has 0 spiro atoms. The summed E-state index contributed by atoms with van der Waals surface area (Å²) in [5.41, 5.74) is 3.12. The molecule has 0 amide bonds. The molecule has 3 atom stereocenters. The normalized spacial score (nSPS) is 25.3. The number of aromatic nitrogens is 2. The Morgan fingerprint density at radius 3 is 2.55 bits per heavy atom. The van der Waals surface area contributed by atoms with Gasteiger partial charge in [0.05, 0.1) is 11.4 Å². The Kier molecular flexibility index (Phi) is 5.36. The lowest BCUT2D eigenvalue weighted by atomic mass is 9.83. The van der Waals surface area contributed by atoms with Crippen LogP contribution in [0.5, 0.6) is 5.75 Å². The van der Waals surface area contributed by atoms with Crippen molar-refractivity contribution in [3.05, 3.63) is 48.2 Å². The van der Waals surface area contributed by atoms with Gasteiger partial charge in [0.25, 0.3) is 0 Å². The first-order valence-electron chi connectivity index (χ1n) is 11.2. The molecular weight excluding hydrogens is 388 g/mol. The van der Waals surface area contributed by atoms with Crippen molar-refractivity contribution in [1.82, 2.24) is 20.4 Å². The quantitative estimate of drug-likeness (QED) is 0.794. The molecule has 1 aromatic carbocycles. The molecule has 0 aliphatic carbocycles. The lowest BCUT2D eigenvalue weighted by Crippen LogP contribution is -2.54. The predicted octanol–water partition coefficient (Wildman–Crippen LogP) is 3.16. The SMILES string of the molecule is CN1C=CC(c2ccc(-c3ccc(N(C)[C@H]4C[C@H]5CCC[C@@H](C4)N5)nn3)c(O)c2)=NC1. The molecular formula is C24H30N6O. The highest BCUT2D eigenvalue weighted by Gasteiger charge is 2.33.